The van der Waals surface area contributed by atoms with Gasteiger partial charge in [-0.2, -0.15) is 0 Å². The summed E-state index contributed by atoms with van der Waals surface area (Å²) in [5.41, 5.74) is 7.16. The molecule has 4 nitrogen and oxygen atoms in total. The number of benzene rings is 1. The maximum Gasteiger partial charge on any atom is 0.253 e. The van der Waals surface area contributed by atoms with Crippen LogP contribution in [0, 0.1) is 5.41 Å². The highest BCUT2D eigenvalue weighted by molar-refractivity contribution is 5.99. The van der Waals surface area contributed by atoms with Gasteiger partial charge in [-0.05, 0) is 38.3 Å². The predicted molar refractivity (Wildman–Crippen MR) is 78.4 cm³/mol. The zero-order valence-electron chi connectivity index (χ0n) is 11.9. The maximum absolute atomic E-state index is 12.3. The number of ether oxygens (including phenoxy) is 1. The van der Waals surface area contributed by atoms with Gasteiger partial charge in [-0.1, -0.05) is 18.6 Å². The van der Waals surface area contributed by atoms with Gasteiger partial charge in [0.15, 0.2) is 0 Å². The Kier molecular flexibility index (Phi) is 3.42. The molecule has 2 aliphatic carbocycles. The standard InChI is InChI=1S/C16H22N2O2/c1-2-20-14-10-13(16(14)8-5-9-16)18-15(19)11-6-3-4-7-12(11)17/h3-4,6-7,13-14H,2,5,8-10,17H2,1H3,(H,18,19). The van der Waals surface area contributed by atoms with Gasteiger partial charge < -0.3 is 15.8 Å². The number of anilines is 1. The van der Waals surface area contributed by atoms with E-state index in [4.69, 9.17) is 10.5 Å². The first-order valence-electron chi connectivity index (χ1n) is 7.44. The number of nitrogen functional groups attached to an aromatic ring is 1. The summed E-state index contributed by atoms with van der Waals surface area (Å²) < 4.78 is 5.80. The van der Waals surface area contributed by atoms with Crippen LogP contribution in [0.1, 0.15) is 43.0 Å². The van der Waals surface area contributed by atoms with Crippen LogP contribution in [0.15, 0.2) is 24.3 Å². The van der Waals surface area contributed by atoms with Crippen LogP contribution in [-0.2, 0) is 4.74 Å². The van der Waals surface area contributed by atoms with Crippen molar-refractivity contribution in [1.82, 2.24) is 5.32 Å². The zero-order valence-corrected chi connectivity index (χ0v) is 11.9. The second-order valence-electron chi connectivity index (χ2n) is 5.88. The van der Waals surface area contributed by atoms with E-state index in [1.165, 1.54) is 6.42 Å². The fourth-order valence-corrected chi connectivity index (χ4v) is 3.58. The van der Waals surface area contributed by atoms with Crippen molar-refractivity contribution < 1.29 is 9.53 Å². The van der Waals surface area contributed by atoms with Crippen LogP contribution in [0.4, 0.5) is 5.69 Å². The molecule has 1 aromatic carbocycles. The van der Waals surface area contributed by atoms with Crippen molar-refractivity contribution in [2.75, 3.05) is 12.3 Å². The van der Waals surface area contributed by atoms with E-state index in [2.05, 4.69) is 5.32 Å². The summed E-state index contributed by atoms with van der Waals surface area (Å²) in [6, 6.07) is 7.46. The Balaban J connectivity index is 1.67. The van der Waals surface area contributed by atoms with Crippen molar-refractivity contribution in [1.29, 1.82) is 0 Å². The predicted octanol–water partition coefficient (Wildman–Crippen LogP) is 2.35. The number of nitrogens with one attached hydrogen (secondary N) is 1. The highest BCUT2D eigenvalue weighted by Gasteiger charge is 2.59. The van der Waals surface area contributed by atoms with Crippen molar-refractivity contribution in [3.63, 3.8) is 0 Å². The van der Waals surface area contributed by atoms with E-state index in [0.29, 0.717) is 17.4 Å². The molecule has 0 aliphatic heterocycles. The highest BCUT2D eigenvalue weighted by Crippen LogP contribution is 2.57. The van der Waals surface area contributed by atoms with E-state index < -0.39 is 0 Å². The number of rotatable bonds is 4. The molecule has 2 saturated carbocycles. The lowest BCUT2D eigenvalue weighted by molar-refractivity contribution is -0.169. The number of hydrogen-bond donors (Lipinski definition) is 2. The average Bonchev–Trinajstić information content (AvgIpc) is 2.35. The van der Waals surface area contributed by atoms with Crippen molar-refractivity contribution in [2.45, 2.75) is 44.8 Å². The Morgan fingerprint density at radius 1 is 1.45 bits per heavy atom. The van der Waals surface area contributed by atoms with Crippen molar-refractivity contribution in [3.8, 4) is 0 Å². The first kappa shape index (κ1) is 13.4. The lowest BCUT2D eigenvalue weighted by Gasteiger charge is -2.61. The molecular weight excluding hydrogens is 252 g/mol. The number of nitrogens with two attached hydrogens (primary N) is 1. The van der Waals surface area contributed by atoms with Crippen molar-refractivity contribution >= 4 is 11.6 Å². The SMILES string of the molecule is CCOC1CC(NC(=O)c2ccccc2N)C12CCC2. The first-order valence-corrected chi connectivity index (χ1v) is 7.44. The van der Waals surface area contributed by atoms with Gasteiger partial charge in [0.25, 0.3) is 5.91 Å². The van der Waals surface area contributed by atoms with E-state index >= 15 is 0 Å². The Labute approximate surface area is 119 Å². The van der Waals surface area contributed by atoms with Crippen LogP contribution in [-0.4, -0.2) is 24.7 Å². The van der Waals surface area contributed by atoms with E-state index in [-0.39, 0.29) is 17.4 Å². The minimum atomic E-state index is -0.0608. The topological polar surface area (TPSA) is 64.3 Å². The third-order valence-electron chi connectivity index (χ3n) is 4.95. The summed E-state index contributed by atoms with van der Waals surface area (Å²) in [6.07, 6.45) is 4.80. The molecule has 2 fully saturated rings. The Morgan fingerprint density at radius 2 is 2.20 bits per heavy atom. The average molecular weight is 274 g/mol. The Hall–Kier alpha value is -1.55. The molecule has 1 aromatic rings. The van der Waals surface area contributed by atoms with Crippen molar-refractivity contribution in [2.24, 2.45) is 5.41 Å². The normalized spacial score (nSPS) is 26.6. The summed E-state index contributed by atoms with van der Waals surface area (Å²) in [7, 11) is 0. The third kappa shape index (κ3) is 1.99. The molecule has 108 valence electrons. The van der Waals surface area contributed by atoms with Crippen LogP contribution in [0.25, 0.3) is 0 Å². The number of carbonyl (C=O) groups is 1. The molecule has 1 amide bonds. The van der Waals surface area contributed by atoms with Gasteiger partial charge in [-0.3, -0.25) is 4.79 Å². The molecule has 1 spiro atoms. The quantitative estimate of drug-likeness (QED) is 0.828. The van der Waals surface area contributed by atoms with E-state index in [0.717, 1.165) is 25.9 Å². The molecule has 0 radical (unpaired) electrons. The van der Waals surface area contributed by atoms with Crippen LogP contribution in [0.3, 0.4) is 0 Å². The zero-order chi connectivity index (χ0) is 14.2. The second-order valence-corrected chi connectivity index (χ2v) is 5.88. The smallest absolute Gasteiger partial charge is 0.253 e. The third-order valence-corrected chi connectivity index (χ3v) is 4.95. The van der Waals surface area contributed by atoms with E-state index in [9.17, 15) is 4.79 Å². The fraction of sp³-hybridized carbons (Fsp3) is 0.562. The molecule has 0 aromatic heterocycles. The molecular formula is C16H22N2O2. The maximum atomic E-state index is 12.3. The minimum Gasteiger partial charge on any atom is -0.398 e. The molecule has 2 unspecified atom stereocenters. The van der Waals surface area contributed by atoms with Crippen LogP contribution >= 0.6 is 0 Å². The summed E-state index contributed by atoms with van der Waals surface area (Å²) in [5.74, 6) is -0.0608. The van der Waals surface area contributed by atoms with Gasteiger partial charge in [-0.15, -0.1) is 0 Å². The molecule has 20 heavy (non-hydrogen) atoms. The van der Waals surface area contributed by atoms with Gasteiger partial charge in [0.05, 0.1) is 11.7 Å². The fourth-order valence-electron chi connectivity index (χ4n) is 3.58. The summed E-state index contributed by atoms with van der Waals surface area (Å²) >= 11 is 0. The minimum absolute atomic E-state index is 0.0608. The number of para-hydroxylation sites is 1. The van der Waals surface area contributed by atoms with Crippen LogP contribution in [0.5, 0.6) is 0 Å². The van der Waals surface area contributed by atoms with Gasteiger partial charge >= 0.3 is 0 Å². The van der Waals surface area contributed by atoms with Gasteiger partial charge in [0.1, 0.15) is 0 Å². The lowest BCUT2D eigenvalue weighted by atomic mass is 9.51. The first-order chi connectivity index (χ1) is 9.67. The molecule has 3 rings (SSSR count). The monoisotopic (exact) mass is 274 g/mol. The molecule has 3 N–H and O–H groups in total. The summed E-state index contributed by atoms with van der Waals surface area (Å²) in [5, 5.41) is 3.16. The molecule has 0 bridgehead atoms. The molecule has 0 heterocycles. The van der Waals surface area contributed by atoms with Gasteiger partial charge in [0, 0.05) is 23.8 Å². The van der Waals surface area contributed by atoms with E-state index in [1.807, 2.05) is 19.1 Å². The van der Waals surface area contributed by atoms with Gasteiger partial charge in [0.2, 0.25) is 0 Å². The molecule has 2 atom stereocenters. The highest BCUT2D eigenvalue weighted by atomic mass is 16.5. The Morgan fingerprint density at radius 3 is 2.80 bits per heavy atom. The van der Waals surface area contributed by atoms with Crippen LogP contribution in [0.2, 0.25) is 0 Å². The Bertz CT molecular complexity index is 511. The molecule has 4 heteroatoms. The summed E-state index contributed by atoms with van der Waals surface area (Å²) in [6.45, 7) is 2.78. The number of carbonyl (C=O) groups excluding carboxylic acids is 1. The number of hydrogen-bond acceptors (Lipinski definition) is 3. The molecule has 0 saturated heterocycles. The number of amides is 1. The largest absolute Gasteiger partial charge is 0.398 e. The van der Waals surface area contributed by atoms with Crippen molar-refractivity contribution in [3.05, 3.63) is 29.8 Å². The lowest BCUT2D eigenvalue weighted by Crippen LogP contribution is -2.67. The second kappa shape index (κ2) is 5.09. The summed E-state index contributed by atoms with van der Waals surface area (Å²) in [4.78, 5) is 12.3. The van der Waals surface area contributed by atoms with E-state index in [1.54, 1.807) is 12.1 Å². The van der Waals surface area contributed by atoms with Crippen LogP contribution < -0.4 is 11.1 Å². The van der Waals surface area contributed by atoms with Gasteiger partial charge in [-0.25, -0.2) is 0 Å². The molecule has 2 aliphatic rings.